The Morgan fingerprint density at radius 3 is 2.15 bits per heavy atom. The molecule has 0 saturated heterocycles. The maximum absolute atomic E-state index is 6.74. The first-order chi connectivity index (χ1) is 19.8. The summed E-state index contributed by atoms with van der Waals surface area (Å²) in [4.78, 5) is 0. The lowest BCUT2D eigenvalue weighted by Crippen LogP contribution is -2.37. The van der Waals surface area contributed by atoms with Crippen LogP contribution in [-0.2, 0) is 5.41 Å². The monoisotopic (exact) mass is 511 g/mol. The van der Waals surface area contributed by atoms with E-state index < -0.39 is 5.41 Å². The second kappa shape index (κ2) is 7.02. The van der Waals surface area contributed by atoms with Crippen molar-refractivity contribution in [2.75, 3.05) is 0 Å². The van der Waals surface area contributed by atoms with Gasteiger partial charge in [-0.2, -0.15) is 0 Å². The number of furan rings is 1. The van der Waals surface area contributed by atoms with Gasteiger partial charge in [-0.25, -0.2) is 0 Å². The van der Waals surface area contributed by atoms with E-state index in [9.17, 15) is 0 Å². The first-order valence-corrected chi connectivity index (χ1v) is 13.7. The molecule has 2 aliphatic rings. The Balaban J connectivity index is 1.47. The van der Waals surface area contributed by atoms with Gasteiger partial charge < -0.3 is 13.7 Å². The number of ether oxygens (including phenoxy) is 1. The van der Waals surface area contributed by atoms with E-state index in [0.29, 0.717) is 0 Å². The fraction of sp³-hybridized carbons (Fsp3) is 0.0270. The molecule has 2 aliphatic heterocycles. The highest BCUT2D eigenvalue weighted by atomic mass is 16.5. The number of rotatable bonds is 0. The lowest BCUT2D eigenvalue weighted by atomic mass is 9.61. The molecule has 10 rings (SSSR count). The number of hydrogen-bond donors (Lipinski definition) is 0. The van der Waals surface area contributed by atoms with Crippen molar-refractivity contribution in [3.63, 3.8) is 0 Å². The molecule has 0 bridgehead atoms. The predicted octanol–water partition coefficient (Wildman–Crippen LogP) is 9.48. The first-order valence-electron chi connectivity index (χ1n) is 13.7. The summed E-state index contributed by atoms with van der Waals surface area (Å²) in [5.74, 6) is 1.76. The number of nitrogens with zero attached hydrogens (tertiary/aromatic N) is 1. The van der Waals surface area contributed by atoms with Crippen molar-refractivity contribution in [2.45, 2.75) is 5.41 Å². The molecule has 0 amide bonds. The smallest absolute Gasteiger partial charge is 0.136 e. The van der Waals surface area contributed by atoms with Gasteiger partial charge in [-0.05, 0) is 47.5 Å². The number of fused-ring (bicyclic) bond motifs is 14. The van der Waals surface area contributed by atoms with Crippen LogP contribution >= 0.6 is 0 Å². The lowest BCUT2D eigenvalue weighted by Gasteiger charge is -2.44. The van der Waals surface area contributed by atoms with Crippen LogP contribution in [0, 0.1) is 0 Å². The van der Waals surface area contributed by atoms with E-state index in [0.717, 1.165) is 44.6 Å². The summed E-state index contributed by atoms with van der Waals surface area (Å²) in [6, 6.07) is 45.6. The zero-order valence-electron chi connectivity index (χ0n) is 21.4. The molecular formula is C37H21NO2. The maximum Gasteiger partial charge on any atom is 0.136 e. The van der Waals surface area contributed by atoms with Crippen LogP contribution in [0.4, 0.5) is 0 Å². The molecule has 0 radical (unpaired) electrons. The lowest BCUT2D eigenvalue weighted by molar-refractivity contribution is 0.434. The van der Waals surface area contributed by atoms with Gasteiger partial charge in [-0.3, -0.25) is 0 Å². The third kappa shape index (κ3) is 2.26. The van der Waals surface area contributed by atoms with Crippen LogP contribution in [0.3, 0.4) is 0 Å². The van der Waals surface area contributed by atoms with E-state index in [-0.39, 0.29) is 0 Å². The van der Waals surface area contributed by atoms with E-state index in [1.165, 1.54) is 38.6 Å². The first kappa shape index (κ1) is 20.7. The molecule has 3 nitrogen and oxygen atoms in total. The number of hydrogen-bond acceptors (Lipinski definition) is 2. The van der Waals surface area contributed by atoms with Gasteiger partial charge >= 0.3 is 0 Å². The zero-order valence-corrected chi connectivity index (χ0v) is 21.4. The summed E-state index contributed by atoms with van der Waals surface area (Å²) in [5.41, 5.74) is 9.59. The molecule has 8 aromatic rings. The highest BCUT2D eigenvalue weighted by molar-refractivity contribution is 6.12. The summed E-state index contributed by atoms with van der Waals surface area (Å²) in [6.45, 7) is 0. The molecule has 2 aromatic heterocycles. The van der Waals surface area contributed by atoms with E-state index in [4.69, 9.17) is 9.15 Å². The molecule has 0 fully saturated rings. The summed E-state index contributed by atoms with van der Waals surface area (Å²) >= 11 is 0. The SMILES string of the molecule is c1ccc2c(c1)Oc1cc3c(cc1C21c2ccccc2-n2c4ccccc4c4cccc1c42)oc1ccccc13. The number of para-hydroxylation sites is 5. The van der Waals surface area contributed by atoms with Crippen molar-refractivity contribution in [3.05, 3.63) is 150 Å². The van der Waals surface area contributed by atoms with Crippen LogP contribution in [0.25, 0.3) is 49.4 Å². The fourth-order valence-electron chi connectivity index (χ4n) is 7.54. The molecule has 186 valence electrons. The van der Waals surface area contributed by atoms with Crippen LogP contribution < -0.4 is 4.74 Å². The van der Waals surface area contributed by atoms with Crippen LogP contribution in [0.15, 0.2) is 132 Å². The van der Waals surface area contributed by atoms with Crippen molar-refractivity contribution in [3.8, 4) is 17.2 Å². The van der Waals surface area contributed by atoms with E-state index in [2.05, 4.69) is 120 Å². The average Bonchev–Trinajstić information content (AvgIpc) is 3.54. The van der Waals surface area contributed by atoms with Crippen LogP contribution in [0.2, 0.25) is 0 Å². The zero-order chi connectivity index (χ0) is 26.0. The van der Waals surface area contributed by atoms with Gasteiger partial charge in [0, 0.05) is 32.7 Å². The van der Waals surface area contributed by atoms with Crippen LogP contribution in [0.1, 0.15) is 22.3 Å². The fourth-order valence-corrected chi connectivity index (χ4v) is 7.54. The third-order valence-corrected chi connectivity index (χ3v) is 9.04. The van der Waals surface area contributed by atoms with E-state index in [1.807, 2.05) is 12.1 Å². The van der Waals surface area contributed by atoms with E-state index in [1.54, 1.807) is 0 Å². The topological polar surface area (TPSA) is 27.3 Å². The standard InChI is InChI=1S/C37H21NO2/c1-5-16-30-22(10-1)24-12-9-15-28-36(24)38(30)31-17-6-3-13-26(31)37(28)27-14-4-8-19-33(27)40-35-20-25-23-11-2-7-18-32(23)39-34(25)21-29(35)37/h1-21H. The Kier molecular flexibility index (Phi) is 3.62. The summed E-state index contributed by atoms with van der Waals surface area (Å²) in [5, 5.41) is 4.69. The van der Waals surface area contributed by atoms with Gasteiger partial charge in [0.25, 0.3) is 0 Å². The molecule has 1 atom stereocenters. The van der Waals surface area contributed by atoms with Crippen molar-refractivity contribution in [2.24, 2.45) is 0 Å². The molecule has 1 spiro atoms. The van der Waals surface area contributed by atoms with Crippen LogP contribution in [0.5, 0.6) is 11.5 Å². The molecule has 0 aliphatic carbocycles. The van der Waals surface area contributed by atoms with E-state index >= 15 is 0 Å². The molecule has 6 aromatic carbocycles. The molecule has 0 saturated carbocycles. The summed E-state index contributed by atoms with van der Waals surface area (Å²) in [7, 11) is 0. The summed E-state index contributed by atoms with van der Waals surface area (Å²) in [6.07, 6.45) is 0. The van der Waals surface area contributed by atoms with Gasteiger partial charge in [0.2, 0.25) is 0 Å². The highest BCUT2D eigenvalue weighted by Crippen LogP contribution is 2.60. The highest BCUT2D eigenvalue weighted by Gasteiger charge is 2.50. The quantitative estimate of drug-likeness (QED) is 0.203. The van der Waals surface area contributed by atoms with Crippen molar-refractivity contribution in [1.82, 2.24) is 4.57 Å². The Morgan fingerprint density at radius 1 is 0.475 bits per heavy atom. The van der Waals surface area contributed by atoms with Gasteiger partial charge in [-0.1, -0.05) is 91.0 Å². The molecule has 40 heavy (non-hydrogen) atoms. The van der Waals surface area contributed by atoms with Crippen molar-refractivity contribution >= 4 is 43.7 Å². The Hall–Kier alpha value is -5.28. The minimum Gasteiger partial charge on any atom is -0.457 e. The largest absolute Gasteiger partial charge is 0.457 e. The number of aromatic nitrogens is 1. The Labute approximate surface area is 229 Å². The molecule has 4 heterocycles. The molecule has 1 unspecified atom stereocenters. The van der Waals surface area contributed by atoms with Gasteiger partial charge in [-0.15, -0.1) is 0 Å². The second-order valence-corrected chi connectivity index (χ2v) is 10.9. The van der Waals surface area contributed by atoms with Crippen LogP contribution in [-0.4, -0.2) is 4.57 Å². The minimum atomic E-state index is -0.585. The maximum atomic E-state index is 6.74. The third-order valence-electron chi connectivity index (χ3n) is 9.04. The number of benzene rings is 6. The summed E-state index contributed by atoms with van der Waals surface area (Å²) < 4.78 is 15.7. The van der Waals surface area contributed by atoms with Gasteiger partial charge in [0.05, 0.1) is 22.1 Å². The second-order valence-electron chi connectivity index (χ2n) is 10.9. The predicted molar refractivity (Wildman–Crippen MR) is 160 cm³/mol. The molecule has 0 N–H and O–H groups in total. The Morgan fingerprint density at radius 2 is 1.20 bits per heavy atom. The van der Waals surface area contributed by atoms with Gasteiger partial charge in [0.15, 0.2) is 0 Å². The van der Waals surface area contributed by atoms with Crippen molar-refractivity contribution in [1.29, 1.82) is 0 Å². The minimum absolute atomic E-state index is 0.585. The average molecular weight is 512 g/mol. The van der Waals surface area contributed by atoms with Gasteiger partial charge in [0.1, 0.15) is 22.7 Å². The normalized spacial score (nSPS) is 16.8. The Bertz CT molecular complexity index is 2370. The molecule has 3 heteroatoms. The molecular weight excluding hydrogens is 490 g/mol. The van der Waals surface area contributed by atoms with Crippen molar-refractivity contribution < 1.29 is 9.15 Å².